The molecule has 2 N–H and O–H groups in total. The fourth-order valence-corrected chi connectivity index (χ4v) is 2.14. The van der Waals surface area contributed by atoms with E-state index in [4.69, 9.17) is 5.73 Å². The van der Waals surface area contributed by atoms with Gasteiger partial charge in [0, 0.05) is 19.5 Å². The van der Waals surface area contributed by atoms with Crippen LogP contribution in [0, 0.1) is 5.92 Å². The molecule has 1 fully saturated rings. The van der Waals surface area contributed by atoms with Crippen molar-refractivity contribution in [3.8, 4) is 0 Å². The molecule has 0 bridgehead atoms. The fraction of sp³-hybridized carbons (Fsp3) is 0.462. The summed E-state index contributed by atoms with van der Waals surface area (Å²) in [5.41, 5.74) is 6.87. The summed E-state index contributed by atoms with van der Waals surface area (Å²) in [5, 5.41) is 0. The molecule has 16 heavy (non-hydrogen) atoms. The number of rotatable bonds is 4. The topological polar surface area (TPSA) is 46.3 Å². The zero-order chi connectivity index (χ0) is 11.4. The van der Waals surface area contributed by atoms with Crippen LogP contribution in [0.3, 0.4) is 0 Å². The highest BCUT2D eigenvalue weighted by atomic mass is 16.2. The normalized spacial score (nSPS) is 20.4. The van der Waals surface area contributed by atoms with E-state index in [1.807, 2.05) is 23.1 Å². The molecule has 0 aromatic heterocycles. The van der Waals surface area contributed by atoms with Gasteiger partial charge in [-0.2, -0.15) is 0 Å². The predicted molar refractivity (Wildman–Crippen MR) is 63.9 cm³/mol. The van der Waals surface area contributed by atoms with Crippen molar-refractivity contribution in [2.45, 2.75) is 12.8 Å². The molecule has 3 nitrogen and oxygen atoms in total. The van der Waals surface area contributed by atoms with Crippen LogP contribution >= 0.6 is 0 Å². The van der Waals surface area contributed by atoms with Gasteiger partial charge in [-0.25, -0.2) is 0 Å². The lowest BCUT2D eigenvalue weighted by Gasteiger charge is -2.16. The minimum Gasteiger partial charge on any atom is -0.342 e. The van der Waals surface area contributed by atoms with Gasteiger partial charge in [0.05, 0.1) is 0 Å². The number of hydrogen-bond acceptors (Lipinski definition) is 2. The molecule has 1 aliphatic heterocycles. The molecule has 1 aromatic rings. The van der Waals surface area contributed by atoms with Gasteiger partial charge in [-0.15, -0.1) is 0 Å². The molecule has 0 aliphatic carbocycles. The third-order valence-electron chi connectivity index (χ3n) is 3.14. The van der Waals surface area contributed by atoms with E-state index in [1.54, 1.807) is 0 Å². The molecule has 2 rings (SSSR count). The molecule has 1 saturated heterocycles. The number of benzene rings is 1. The summed E-state index contributed by atoms with van der Waals surface area (Å²) in [4.78, 5) is 13.6. The first-order chi connectivity index (χ1) is 7.79. The minimum atomic E-state index is 0.256. The molecular formula is C13H18N2O. The van der Waals surface area contributed by atoms with Gasteiger partial charge < -0.3 is 10.6 Å². The van der Waals surface area contributed by atoms with Crippen LogP contribution < -0.4 is 5.73 Å². The van der Waals surface area contributed by atoms with Crippen LogP contribution in [0.15, 0.2) is 30.3 Å². The molecule has 1 unspecified atom stereocenters. The Morgan fingerprint density at radius 3 is 2.69 bits per heavy atom. The van der Waals surface area contributed by atoms with Crippen LogP contribution in [0.25, 0.3) is 0 Å². The number of likely N-dealkylation sites (tertiary alicyclic amines) is 1. The van der Waals surface area contributed by atoms with Crippen molar-refractivity contribution in [1.82, 2.24) is 4.90 Å². The Labute approximate surface area is 96.2 Å². The summed E-state index contributed by atoms with van der Waals surface area (Å²) in [5.74, 6) is 0.620. The molecule has 1 amide bonds. The largest absolute Gasteiger partial charge is 0.342 e. The quantitative estimate of drug-likeness (QED) is 0.820. The van der Waals surface area contributed by atoms with Crippen molar-refractivity contribution in [2.24, 2.45) is 11.7 Å². The molecule has 1 heterocycles. The van der Waals surface area contributed by atoms with Gasteiger partial charge in [0.15, 0.2) is 0 Å². The highest BCUT2D eigenvalue weighted by molar-refractivity contribution is 5.78. The Morgan fingerprint density at radius 2 is 2.06 bits per heavy atom. The van der Waals surface area contributed by atoms with Crippen molar-refractivity contribution in [1.29, 1.82) is 0 Å². The summed E-state index contributed by atoms with van der Waals surface area (Å²) in [6.07, 6.45) is 1.56. The Balaban J connectivity index is 1.85. The average Bonchev–Trinajstić information content (AvgIpc) is 2.69. The SMILES string of the molecule is NCC1CC(=O)N(CCc2ccccc2)C1. The molecule has 0 spiro atoms. The number of carbonyl (C=O) groups excluding carboxylic acids is 1. The van der Waals surface area contributed by atoms with Gasteiger partial charge >= 0.3 is 0 Å². The number of amides is 1. The maximum absolute atomic E-state index is 11.6. The maximum Gasteiger partial charge on any atom is 0.222 e. The number of nitrogens with zero attached hydrogens (tertiary/aromatic N) is 1. The third-order valence-corrected chi connectivity index (χ3v) is 3.14. The Bertz CT molecular complexity index is 350. The summed E-state index contributed by atoms with van der Waals surface area (Å²) in [6.45, 7) is 2.27. The minimum absolute atomic E-state index is 0.256. The van der Waals surface area contributed by atoms with Gasteiger partial charge in [-0.05, 0) is 24.4 Å². The lowest BCUT2D eigenvalue weighted by atomic mass is 10.1. The van der Waals surface area contributed by atoms with Gasteiger partial charge in [0.2, 0.25) is 5.91 Å². The van der Waals surface area contributed by atoms with Crippen LogP contribution in [0.1, 0.15) is 12.0 Å². The number of hydrogen-bond donors (Lipinski definition) is 1. The summed E-state index contributed by atoms with van der Waals surface area (Å²) >= 11 is 0. The second-order valence-electron chi connectivity index (χ2n) is 4.38. The first kappa shape index (κ1) is 11.1. The van der Waals surface area contributed by atoms with Crippen LogP contribution in [0.5, 0.6) is 0 Å². The Morgan fingerprint density at radius 1 is 1.31 bits per heavy atom. The predicted octanol–water partition coefficient (Wildman–Crippen LogP) is 1.04. The molecule has 1 aliphatic rings. The maximum atomic E-state index is 11.6. The smallest absolute Gasteiger partial charge is 0.222 e. The first-order valence-electron chi connectivity index (χ1n) is 5.81. The monoisotopic (exact) mass is 218 g/mol. The molecule has 0 radical (unpaired) electrons. The lowest BCUT2D eigenvalue weighted by Crippen LogP contribution is -2.28. The van der Waals surface area contributed by atoms with Crippen molar-refractivity contribution < 1.29 is 4.79 Å². The van der Waals surface area contributed by atoms with E-state index < -0.39 is 0 Å². The second-order valence-corrected chi connectivity index (χ2v) is 4.38. The third kappa shape index (κ3) is 2.61. The highest BCUT2D eigenvalue weighted by Gasteiger charge is 2.27. The van der Waals surface area contributed by atoms with Crippen molar-refractivity contribution >= 4 is 5.91 Å². The Kier molecular flexibility index (Phi) is 3.57. The van der Waals surface area contributed by atoms with Crippen LogP contribution in [-0.4, -0.2) is 30.4 Å². The van der Waals surface area contributed by atoms with E-state index >= 15 is 0 Å². The van der Waals surface area contributed by atoms with E-state index in [2.05, 4.69) is 12.1 Å². The summed E-state index contributed by atoms with van der Waals surface area (Å²) in [7, 11) is 0. The number of nitrogens with two attached hydrogens (primary N) is 1. The van der Waals surface area contributed by atoms with E-state index in [-0.39, 0.29) is 5.91 Å². The average molecular weight is 218 g/mol. The molecule has 3 heteroatoms. The zero-order valence-electron chi connectivity index (χ0n) is 9.43. The highest BCUT2D eigenvalue weighted by Crippen LogP contribution is 2.16. The summed E-state index contributed by atoms with van der Waals surface area (Å²) in [6, 6.07) is 10.3. The van der Waals surface area contributed by atoms with Crippen molar-refractivity contribution in [2.75, 3.05) is 19.6 Å². The second kappa shape index (κ2) is 5.12. The van der Waals surface area contributed by atoms with Crippen LogP contribution in [0.2, 0.25) is 0 Å². The first-order valence-corrected chi connectivity index (χ1v) is 5.81. The fourth-order valence-electron chi connectivity index (χ4n) is 2.14. The standard InChI is InChI=1S/C13H18N2O/c14-9-12-8-13(16)15(10-12)7-6-11-4-2-1-3-5-11/h1-5,12H,6-10,14H2. The molecule has 1 aromatic carbocycles. The number of carbonyl (C=O) groups is 1. The van der Waals surface area contributed by atoms with Crippen molar-refractivity contribution in [3.63, 3.8) is 0 Å². The van der Waals surface area contributed by atoms with Crippen LogP contribution in [0.4, 0.5) is 0 Å². The molecule has 0 saturated carbocycles. The van der Waals surface area contributed by atoms with E-state index in [9.17, 15) is 4.79 Å². The molecule has 86 valence electrons. The molecular weight excluding hydrogens is 200 g/mol. The Hall–Kier alpha value is -1.35. The van der Waals surface area contributed by atoms with E-state index in [0.717, 1.165) is 19.5 Å². The van der Waals surface area contributed by atoms with Gasteiger partial charge in [0.1, 0.15) is 0 Å². The van der Waals surface area contributed by atoms with Gasteiger partial charge in [-0.3, -0.25) is 4.79 Å². The van der Waals surface area contributed by atoms with E-state index in [1.165, 1.54) is 5.56 Å². The van der Waals surface area contributed by atoms with Crippen LogP contribution in [-0.2, 0) is 11.2 Å². The van der Waals surface area contributed by atoms with Gasteiger partial charge in [-0.1, -0.05) is 30.3 Å². The molecule has 1 atom stereocenters. The van der Waals surface area contributed by atoms with Gasteiger partial charge in [0.25, 0.3) is 0 Å². The lowest BCUT2D eigenvalue weighted by molar-refractivity contribution is -0.127. The van der Waals surface area contributed by atoms with Crippen molar-refractivity contribution in [3.05, 3.63) is 35.9 Å². The van der Waals surface area contributed by atoms with E-state index in [0.29, 0.717) is 18.9 Å². The zero-order valence-corrected chi connectivity index (χ0v) is 9.43. The summed E-state index contributed by atoms with van der Waals surface area (Å²) < 4.78 is 0.